The Labute approximate surface area is 129 Å². The Morgan fingerprint density at radius 2 is 1.90 bits per heavy atom. The van der Waals surface area contributed by atoms with Crippen LogP contribution in [0.25, 0.3) is 0 Å². The van der Waals surface area contributed by atoms with Crippen molar-refractivity contribution in [2.75, 3.05) is 0 Å². The molecule has 0 spiro atoms. The van der Waals surface area contributed by atoms with E-state index in [1.165, 1.54) is 12.1 Å². The molecule has 2 aromatic rings. The van der Waals surface area contributed by atoms with E-state index in [1.54, 1.807) is 12.1 Å². The number of rotatable bonds is 3. The molecule has 0 saturated heterocycles. The van der Waals surface area contributed by atoms with Crippen LogP contribution in [0.15, 0.2) is 28.7 Å². The van der Waals surface area contributed by atoms with E-state index in [4.69, 9.17) is 21.4 Å². The van der Waals surface area contributed by atoms with Gasteiger partial charge in [-0.3, -0.25) is 0 Å². The van der Waals surface area contributed by atoms with Crippen molar-refractivity contribution >= 4 is 33.5 Å². The van der Waals surface area contributed by atoms with Crippen LogP contribution in [0.5, 0.6) is 11.6 Å². The first-order valence-corrected chi connectivity index (χ1v) is 6.90. The summed E-state index contributed by atoms with van der Waals surface area (Å²) in [6, 6.07) is 6.37. The van der Waals surface area contributed by atoms with E-state index in [9.17, 15) is 4.79 Å². The summed E-state index contributed by atoms with van der Waals surface area (Å²) in [7, 11) is 0. The molecule has 20 heavy (non-hydrogen) atoms. The fourth-order valence-electron chi connectivity index (χ4n) is 1.74. The molecule has 6 heteroatoms. The van der Waals surface area contributed by atoms with Gasteiger partial charge in [-0.1, -0.05) is 27.5 Å². The molecule has 4 nitrogen and oxygen atoms in total. The summed E-state index contributed by atoms with van der Waals surface area (Å²) in [5.74, 6) is -0.624. The summed E-state index contributed by atoms with van der Waals surface area (Å²) in [4.78, 5) is 15.1. The Kier molecular flexibility index (Phi) is 4.30. The van der Waals surface area contributed by atoms with Crippen LogP contribution in [0, 0.1) is 13.8 Å². The lowest BCUT2D eigenvalue weighted by molar-refractivity contribution is 0.0693. The van der Waals surface area contributed by atoms with Crippen molar-refractivity contribution in [3.8, 4) is 11.6 Å². The third kappa shape index (κ3) is 3.11. The minimum absolute atomic E-state index is 0.0221. The van der Waals surface area contributed by atoms with E-state index in [0.29, 0.717) is 5.75 Å². The molecule has 0 aliphatic rings. The number of benzene rings is 1. The van der Waals surface area contributed by atoms with Gasteiger partial charge >= 0.3 is 5.97 Å². The summed E-state index contributed by atoms with van der Waals surface area (Å²) >= 11 is 9.25. The van der Waals surface area contributed by atoms with Crippen LogP contribution in [0.4, 0.5) is 0 Å². The number of hydrogen-bond donors (Lipinski definition) is 1. The highest BCUT2D eigenvalue weighted by Crippen LogP contribution is 2.30. The number of aromatic nitrogens is 1. The first-order valence-electron chi connectivity index (χ1n) is 5.73. The van der Waals surface area contributed by atoms with Gasteiger partial charge in [0.15, 0.2) is 0 Å². The van der Waals surface area contributed by atoms with Gasteiger partial charge in [0.05, 0.1) is 0 Å². The van der Waals surface area contributed by atoms with Crippen LogP contribution < -0.4 is 4.74 Å². The molecule has 0 aliphatic carbocycles. The molecule has 1 aromatic carbocycles. The summed E-state index contributed by atoms with van der Waals surface area (Å²) in [5, 5.41) is 9.29. The zero-order valence-corrected chi connectivity index (χ0v) is 13.1. The number of aryl methyl sites for hydroxylation is 2. The quantitative estimate of drug-likeness (QED) is 0.816. The van der Waals surface area contributed by atoms with Crippen molar-refractivity contribution in [3.63, 3.8) is 0 Å². The average Bonchev–Trinajstić information content (AvgIpc) is 2.35. The number of halogens is 2. The van der Waals surface area contributed by atoms with E-state index < -0.39 is 5.97 Å². The van der Waals surface area contributed by atoms with E-state index in [2.05, 4.69) is 20.9 Å². The first-order chi connectivity index (χ1) is 9.38. The smallest absolute Gasteiger partial charge is 0.341 e. The summed E-state index contributed by atoms with van der Waals surface area (Å²) < 4.78 is 6.56. The standard InChI is InChI=1S/C14H11BrClNO3/c1-7-5-9(6-8(2)12(7)15)20-13-10(14(18)19)3-4-11(16)17-13/h3-6H,1-2H3,(H,18,19). The van der Waals surface area contributed by atoms with Gasteiger partial charge in [0.25, 0.3) is 0 Å². The molecule has 0 fully saturated rings. The Morgan fingerprint density at radius 1 is 1.30 bits per heavy atom. The molecule has 104 valence electrons. The van der Waals surface area contributed by atoms with Crippen LogP contribution in [0.2, 0.25) is 5.15 Å². The molecular formula is C14H11BrClNO3. The second kappa shape index (κ2) is 5.81. The molecule has 0 aliphatic heterocycles. The molecule has 0 saturated carbocycles. The maximum atomic E-state index is 11.1. The number of nitrogens with zero attached hydrogens (tertiary/aromatic N) is 1. The topological polar surface area (TPSA) is 59.4 Å². The summed E-state index contributed by atoms with van der Waals surface area (Å²) in [6.45, 7) is 3.85. The molecule has 0 amide bonds. The second-order valence-electron chi connectivity index (χ2n) is 4.26. The van der Waals surface area contributed by atoms with Gasteiger partial charge in [-0.2, -0.15) is 0 Å². The molecule has 0 unspecified atom stereocenters. The zero-order chi connectivity index (χ0) is 14.9. The third-order valence-corrected chi connectivity index (χ3v) is 4.14. The molecule has 1 aromatic heterocycles. The molecule has 1 N–H and O–H groups in total. The fourth-order valence-corrected chi connectivity index (χ4v) is 2.10. The predicted octanol–water partition coefficient (Wildman–Crippen LogP) is 4.60. The number of aromatic carboxylic acids is 1. The van der Waals surface area contributed by atoms with Crippen molar-refractivity contribution in [3.05, 3.63) is 50.6 Å². The van der Waals surface area contributed by atoms with Crippen LogP contribution >= 0.6 is 27.5 Å². The van der Waals surface area contributed by atoms with Crippen molar-refractivity contribution in [1.29, 1.82) is 0 Å². The third-order valence-electron chi connectivity index (χ3n) is 2.68. The van der Waals surface area contributed by atoms with Crippen molar-refractivity contribution in [2.45, 2.75) is 13.8 Å². The number of carbonyl (C=O) groups is 1. The molecule has 2 rings (SSSR count). The number of carboxylic acids is 1. The van der Waals surface area contributed by atoms with Gasteiger partial charge < -0.3 is 9.84 Å². The lowest BCUT2D eigenvalue weighted by atomic mass is 10.1. The van der Waals surface area contributed by atoms with Gasteiger partial charge in [-0.15, -0.1) is 0 Å². The zero-order valence-electron chi connectivity index (χ0n) is 10.8. The number of ether oxygens (including phenoxy) is 1. The molecular weight excluding hydrogens is 346 g/mol. The van der Waals surface area contributed by atoms with Gasteiger partial charge in [-0.05, 0) is 49.2 Å². The van der Waals surface area contributed by atoms with Gasteiger partial charge in [-0.25, -0.2) is 9.78 Å². The van der Waals surface area contributed by atoms with Crippen LogP contribution in [0.3, 0.4) is 0 Å². The highest BCUT2D eigenvalue weighted by Gasteiger charge is 2.15. The van der Waals surface area contributed by atoms with Crippen LogP contribution in [-0.2, 0) is 0 Å². The van der Waals surface area contributed by atoms with Crippen molar-refractivity contribution in [2.24, 2.45) is 0 Å². The van der Waals surface area contributed by atoms with Gasteiger partial charge in [0.1, 0.15) is 16.5 Å². The number of pyridine rings is 1. The maximum Gasteiger partial charge on any atom is 0.341 e. The normalized spacial score (nSPS) is 10.4. The predicted molar refractivity (Wildman–Crippen MR) is 79.9 cm³/mol. The van der Waals surface area contributed by atoms with E-state index in [0.717, 1.165) is 15.6 Å². The minimum atomic E-state index is -1.12. The van der Waals surface area contributed by atoms with E-state index in [-0.39, 0.29) is 16.6 Å². The maximum absolute atomic E-state index is 11.1. The van der Waals surface area contributed by atoms with Crippen molar-refractivity contribution in [1.82, 2.24) is 4.98 Å². The Morgan fingerprint density at radius 3 is 2.45 bits per heavy atom. The average molecular weight is 357 g/mol. The lowest BCUT2D eigenvalue weighted by Crippen LogP contribution is -2.02. The number of carboxylic acid groups (broad SMARTS) is 1. The lowest BCUT2D eigenvalue weighted by Gasteiger charge is -2.11. The summed E-state index contributed by atoms with van der Waals surface area (Å²) in [6.07, 6.45) is 0. The Hall–Kier alpha value is -1.59. The Balaban J connectivity index is 2.44. The summed E-state index contributed by atoms with van der Waals surface area (Å²) in [5.41, 5.74) is 1.94. The van der Waals surface area contributed by atoms with Crippen molar-refractivity contribution < 1.29 is 14.6 Å². The largest absolute Gasteiger partial charge is 0.477 e. The highest BCUT2D eigenvalue weighted by atomic mass is 79.9. The highest BCUT2D eigenvalue weighted by molar-refractivity contribution is 9.10. The van der Waals surface area contributed by atoms with E-state index in [1.807, 2.05) is 13.8 Å². The van der Waals surface area contributed by atoms with Crippen LogP contribution in [-0.4, -0.2) is 16.1 Å². The van der Waals surface area contributed by atoms with Gasteiger partial charge in [0, 0.05) is 4.47 Å². The fraction of sp³-hybridized carbons (Fsp3) is 0.143. The Bertz CT molecular complexity index is 665. The first kappa shape index (κ1) is 14.8. The van der Waals surface area contributed by atoms with Crippen LogP contribution in [0.1, 0.15) is 21.5 Å². The number of hydrogen-bond acceptors (Lipinski definition) is 3. The second-order valence-corrected chi connectivity index (χ2v) is 5.45. The molecule has 0 bridgehead atoms. The minimum Gasteiger partial charge on any atom is -0.477 e. The monoisotopic (exact) mass is 355 g/mol. The SMILES string of the molecule is Cc1cc(Oc2nc(Cl)ccc2C(=O)O)cc(C)c1Br. The van der Waals surface area contributed by atoms with Gasteiger partial charge in [0.2, 0.25) is 5.88 Å². The molecule has 1 heterocycles. The molecule has 0 atom stereocenters. The van der Waals surface area contributed by atoms with E-state index >= 15 is 0 Å². The molecule has 0 radical (unpaired) electrons.